The molecule has 0 saturated carbocycles. The summed E-state index contributed by atoms with van der Waals surface area (Å²) in [7, 11) is 0. The molecule has 0 aliphatic heterocycles. The lowest BCUT2D eigenvalue weighted by Crippen LogP contribution is -2.16. The number of halogens is 3. The van der Waals surface area contributed by atoms with E-state index in [1.807, 2.05) is 0 Å². The van der Waals surface area contributed by atoms with Gasteiger partial charge in [-0.1, -0.05) is 5.16 Å². The lowest BCUT2D eigenvalue weighted by atomic mass is 10.1. The Morgan fingerprint density at radius 1 is 1.30 bits per heavy atom. The molecule has 0 amide bonds. The minimum absolute atomic E-state index is 0.131. The summed E-state index contributed by atoms with van der Waals surface area (Å²) in [4.78, 5) is 7.19. The molecule has 122 valence electrons. The van der Waals surface area contributed by atoms with Crippen LogP contribution in [0.5, 0.6) is 0 Å². The van der Waals surface area contributed by atoms with Crippen LogP contribution in [0.1, 0.15) is 35.7 Å². The van der Waals surface area contributed by atoms with Gasteiger partial charge in [0.25, 0.3) is 5.78 Å². The van der Waals surface area contributed by atoms with Crippen molar-refractivity contribution >= 4 is 11.6 Å². The van der Waals surface area contributed by atoms with E-state index >= 15 is 0 Å². The highest BCUT2D eigenvalue weighted by molar-refractivity contribution is 5.47. The van der Waals surface area contributed by atoms with Gasteiger partial charge in [0.1, 0.15) is 17.9 Å². The Hall–Kier alpha value is -2.65. The minimum Gasteiger partial charge on any atom is -0.363 e. The molecule has 1 N–H and O–H groups in total. The fourth-order valence-corrected chi connectivity index (χ4v) is 2.46. The van der Waals surface area contributed by atoms with Crippen molar-refractivity contribution in [2.45, 2.75) is 33.0 Å². The second kappa shape index (κ2) is 5.21. The van der Waals surface area contributed by atoms with Crippen LogP contribution in [-0.4, -0.2) is 24.7 Å². The van der Waals surface area contributed by atoms with Crippen molar-refractivity contribution in [2.24, 2.45) is 0 Å². The van der Waals surface area contributed by atoms with E-state index in [9.17, 15) is 13.2 Å². The van der Waals surface area contributed by atoms with Crippen LogP contribution >= 0.6 is 0 Å². The van der Waals surface area contributed by atoms with Crippen LogP contribution in [0.2, 0.25) is 0 Å². The number of alkyl halides is 3. The van der Waals surface area contributed by atoms with Gasteiger partial charge in [-0.05, 0) is 20.8 Å². The summed E-state index contributed by atoms with van der Waals surface area (Å²) < 4.78 is 45.2. The molecule has 3 rings (SSSR count). The SMILES string of the molecule is Cc1noc(C)c1C(C)Nc1cc(C(F)(F)F)nc2ncnn12. The lowest BCUT2D eigenvalue weighted by Gasteiger charge is -2.17. The molecule has 23 heavy (non-hydrogen) atoms. The molecule has 7 nitrogen and oxygen atoms in total. The van der Waals surface area contributed by atoms with Gasteiger partial charge in [0.05, 0.1) is 11.7 Å². The first-order valence-electron chi connectivity index (χ1n) is 6.74. The summed E-state index contributed by atoms with van der Waals surface area (Å²) in [6, 6.07) is 0.563. The van der Waals surface area contributed by atoms with Gasteiger partial charge >= 0.3 is 6.18 Å². The zero-order chi connectivity index (χ0) is 16.8. The van der Waals surface area contributed by atoms with Gasteiger partial charge in [0.15, 0.2) is 5.69 Å². The van der Waals surface area contributed by atoms with Crippen molar-refractivity contribution in [2.75, 3.05) is 5.32 Å². The summed E-state index contributed by atoms with van der Waals surface area (Å²) in [5, 5.41) is 10.7. The van der Waals surface area contributed by atoms with Gasteiger partial charge in [0.2, 0.25) is 0 Å². The van der Waals surface area contributed by atoms with Crippen molar-refractivity contribution in [3.8, 4) is 0 Å². The largest absolute Gasteiger partial charge is 0.433 e. The first-order chi connectivity index (χ1) is 10.8. The van der Waals surface area contributed by atoms with Crippen LogP contribution in [0, 0.1) is 13.8 Å². The summed E-state index contributed by atoms with van der Waals surface area (Å²) in [6.45, 7) is 5.30. The van der Waals surface area contributed by atoms with Crippen molar-refractivity contribution in [1.29, 1.82) is 0 Å². The van der Waals surface area contributed by atoms with E-state index in [1.165, 1.54) is 4.52 Å². The fourth-order valence-electron chi connectivity index (χ4n) is 2.46. The molecular formula is C13H13F3N6O. The summed E-state index contributed by atoms with van der Waals surface area (Å²) >= 11 is 0. The number of hydrogen-bond donors (Lipinski definition) is 1. The Morgan fingerprint density at radius 2 is 2.04 bits per heavy atom. The van der Waals surface area contributed by atoms with Crippen molar-refractivity contribution in [3.05, 3.63) is 35.1 Å². The smallest absolute Gasteiger partial charge is 0.363 e. The minimum atomic E-state index is -4.57. The number of anilines is 1. The van der Waals surface area contributed by atoms with Gasteiger partial charge in [-0.25, -0.2) is 4.98 Å². The maximum Gasteiger partial charge on any atom is 0.433 e. The van der Waals surface area contributed by atoms with E-state index in [0.717, 1.165) is 18.0 Å². The second-order valence-corrected chi connectivity index (χ2v) is 5.10. The molecule has 0 bridgehead atoms. The summed E-state index contributed by atoms with van der Waals surface area (Å²) in [5.41, 5.74) is 0.414. The first kappa shape index (κ1) is 15.3. The highest BCUT2D eigenvalue weighted by Crippen LogP contribution is 2.31. The van der Waals surface area contributed by atoms with E-state index in [4.69, 9.17) is 4.52 Å². The van der Waals surface area contributed by atoms with Gasteiger partial charge < -0.3 is 9.84 Å². The normalized spacial score (nSPS) is 13.5. The number of fused-ring (bicyclic) bond motifs is 1. The van der Waals surface area contributed by atoms with Crippen LogP contribution in [0.15, 0.2) is 16.9 Å². The average molecular weight is 326 g/mol. The second-order valence-electron chi connectivity index (χ2n) is 5.10. The molecule has 0 spiro atoms. The maximum atomic E-state index is 13.0. The number of nitrogens with one attached hydrogen (secondary N) is 1. The highest BCUT2D eigenvalue weighted by Gasteiger charge is 2.34. The van der Waals surface area contributed by atoms with Crippen LogP contribution in [0.4, 0.5) is 19.0 Å². The molecule has 1 unspecified atom stereocenters. The average Bonchev–Trinajstić information content (AvgIpc) is 3.04. The predicted molar refractivity (Wildman–Crippen MR) is 73.8 cm³/mol. The molecule has 0 fully saturated rings. The molecule has 0 radical (unpaired) electrons. The Labute approximate surface area is 128 Å². The zero-order valence-electron chi connectivity index (χ0n) is 12.5. The molecule has 0 aliphatic carbocycles. The highest BCUT2D eigenvalue weighted by atomic mass is 19.4. The lowest BCUT2D eigenvalue weighted by molar-refractivity contribution is -0.141. The van der Waals surface area contributed by atoms with E-state index < -0.39 is 11.9 Å². The fraction of sp³-hybridized carbons (Fsp3) is 0.385. The number of aromatic nitrogens is 5. The quantitative estimate of drug-likeness (QED) is 0.797. The molecule has 0 saturated heterocycles. The number of nitrogens with zero attached hydrogens (tertiary/aromatic N) is 5. The Kier molecular flexibility index (Phi) is 3.46. The molecule has 3 aromatic rings. The maximum absolute atomic E-state index is 13.0. The molecule has 3 aromatic heterocycles. The van der Waals surface area contributed by atoms with Crippen LogP contribution < -0.4 is 5.32 Å². The Morgan fingerprint density at radius 3 is 2.65 bits per heavy atom. The molecular weight excluding hydrogens is 313 g/mol. The monoisotopic (exact) mass is 326 g/mol. The van der Waals surface area contributed by atoms with E-state index in [1.54, 1.807) is 20.8 Å². The Balaban J connectivity index is 2.04. The molecule has 0 aromatic carbocycles. The first-order valence-corrected chi connectivity index (χ1v) is 6.74. The van der Waals surface area contributed by atoms with Gasteiger partial charge in [-0.2, -0.15) is 27.8 Å². The predicted octanol–water partition coefficient (Wildman–Crippen LogP) is 2.92. The van der Waals surface area contributed by atoms with Crippen LogP contribution in [-0.2, 0) is 6.18 Å². The van der Waals surface area contributed by atoms with E-state index in [0.29, 0.717) is 11.5 Å². The van der Waals surface area contributed by atoms with Crippen molar-refractivity contribution < 1.29 is 17.7 Å². The topological polar surface area (TPSA) is 81.1 Å². The van der Waals surface area contributed by atoms with Crippen LogP contribution in [0.25, 0.3) is 5.78 Å². The standard InChI is InChI=1S/C13H13F3N6O/c1-6(11-7(2)21-23-8(11)3)19-10-4-9(13(14,15)16)20-12-17-5-18-22(10)12/h4-6,19H,1-3H3. The zero-order valence-corrected chi connectivity index (χ0v) is 12.5. The number of aryl methyl sites for hydroxylation is 2. The molecule has 1 atom stereocenters. The number of hydrogen-bond acceptors (Lipinski definition) is 6. The van der Waals surface area contributed by atoms with Crippen molar-refractivity contribution in [3.63, 3.8) is 0 Å². The van der Waals surface area contributed by atoms with Gasteiger partial charge in [-0.3, -0.25) is 0 Å². The molecule has 3 heterocycles. The van der Waals surface area contributed by atoms with Gasteiger partial charge in [-0.15, -0.1) is 0 Å². The third-order valence-electron chi connectivity index (χ3n) is 3.43. The summed E-state index contributed by atoms with van der Waals surface area (Å²) in [6.07, 6.45) is -3.43. The third kappa shape index (κ3) is 2.71. The van der Waals surface area contributed by atoms with E-state index in [-0.39, 0.29) is 17.6 Å². The molecule has 10 heteroatoms. The number of rotatable bonds is 3. The van der Waals surface area contributed by atoms with Crippen LogP contribution in [0.3, 0.4) is 0 Å². The molecule has 0 aliphatic rings. The Bertz CT molecular complexity index is 834. The van der Waals surface area contributed by atoms with E-state index in [2.05, 4.69) is 25.5 Å². The van der Waals surface area contributed by atoms with Crippen molar-refractivity contribution in [1.82, 2.24) is 24.7 Å². The van der Waals surface area contributed by atoms with Gasteiger partial charge in [0, 0.05) is 11.6 Å². The third-order valence-corrected chi connectivity index (χ3v) is 3.43. The summed E-state index contributed by atoms with van der Waals surface area (Å²) in [5.74, 6) is 0.600.